The predicted octanol–water partition coefficient (Wildman–Crippen LogP) is 4.32. The second-order valence-electron chi connectivity index (χ2n) is 8.82. The Kier molecular flexibility index (Phi) is 6.92. The number of ether oxygens (including phenoxy) is 3. The van der Waals surface area contributed by atoms with Crippen molar-refractivity contribution in [2.24, 2.45) is 0 Å². The molecule has 31 heavy (non-hydrogen) atoms. The first-order chi connectivity index (χ1) is 14.2. The largest absolute Gasteiger partial charge is 0.443 e. The van der Waals surface area contributed by atoms with Crippen molar-refractivity contribution in [1.82, 2.24) is 10.4 Å². The smallest absolute Gasteiger partial charge is 0.432 e. The molecule has 2 rings (SSSR count). The van der Waals surface area contributed by atoms with Gasteiger partial charge in [0, 0.05) is 16.3 Å². The second kappa shape index (κ2) is 8.76. The van der Waals surface area contributed by atoms with Gasteiger partial charge in [-0.1, -0.05) is 17.7 Å². The molecule has 1 aliphatic rings. The standard InChI is InChI=1S/C21H28ClN3O6/c1-8-11-29-21(14-12-13(22)9-10-15(14)23-16(21)26)25(18(28)31-20(5,6)7)24-17(27)30-19(2,3)4/h8-10,12H,1,11H2,2-7H3,(H,23,26)(H,24,27). The van der Waals surface area contributed by atoms with Crippen LogP contribution in [-0.4, -0.2) is 40.9 Å². The maximum atomic E-state index is 13.2. The summed E-state index contributed by atoms with van der Waals surface area (Å²) in [7, 11) is 0. The fourth-order valence-electron chi connectivity index (χ4n) is 2.80. The van der Waals surface area contributed by atoms with Crippen molar-refractivity contribution in [2.75, 3.05) is 11.9 Å². The first-order valence-corrected chi connectivity index (χ1v) is 9.96. The summed E-state index contributed by atoms with van der Waals surface area (Å²) in [6.45, 7) is 13.4. The normalized spacial score (nSPS) is 18.0. The minimum atomic E-state index is -2.12. The van der Waals surface area contributed by atoms with E-state index in [1.807, 2.05) is 0 Å². The van der Waals surface area contributed by atoms with Gasteiger partial charge >= 0.3 is 12.2 Å². The van der Waals surface area contributed by atoms with E-state index in [0.717, 1.165) is 0 Å². The molecule has 170 valence electrons. The average Bonchev–Trinajstić information content (AvgIpc) is 2.86. The van der Waals surface area contributed by atoms with Crippen LogP contribution in [0.15, 0.2) is 30.9 Å². The molecule has 1 aliphatic heterocycles. The van der Waals surface area contributed by atoms with Crippen LogP contribution in [0.25, 0.3) is 0 Å². The molecule has 0 saturated heterocycles. The Morgan fingerprint density at radius 1 is 1.19 bits per heavy atom. The van der Waals surface area contributed by atoms with Crippen molar-refractivity contribution < 1.29 is 28.6 Å². The second-order valence-corrected chi connectivity index (χ2v) is 9.25. The molecule has 1 aromatic carbocycles. The van der Waals surface area contributed by atoms with Gasteiger partial charge < -0.3 is 19.5 Å². The summed E-state index contributed by atoms with van der Waals surface area (Å²) in [6, 6.07) is 4.60. The van der Waals surface area contributed by atoms with E-state index in [0.29, 0.717) is 15.7 Å². The van der Waals surface area contributed by atoms with E-state index in [9.17, 15) is 14.4 Å². The van der Waals surface area contributed by atoms with E-state index in [1.165, 1.54) is 12.1 Å². The van der Waals surface area contributed by atoms with Crippen LogP contribution in [0.5, 0.6) is 0 Å². The molecule has 10 heteroatoms. The van der Waals surface area contributed by atoms with Gasteiger partial charge in [-0.05, 0) is 59.7 Å². The molecule has 0 saturated carbocycles. The van der Waals surface area contributed by atoms with Gasteiger partial charge in [0.1, 0.15) is 11.2 Å². The number of benzene rings is 1. The Balaban J connectivity index is 2.63. The number of hydrogen-bond donors (Lipinski definition) is 2. The Bertz CT molecular complexity index is 890. The van der Waals surface area contributed by atoms with Crippen LogP contribution in [0, 0.1) is 0 Å². The summed E-state index contributed by atoms with van der Waals surface area (Å²) < 4.78 is 16.5. The highest BCUT2D eigenvalue weighted by Gasteiger charge is 2.57. The van der Waals surface area contributed by atoms with Crippen molar-refractivity contribution in [2.45, 2.75) is 58.5 Å². The van der Waals surface area contributed by atoms with Crippen LogP contribution in [0.1, 0.15) is 47.1 Å². The van der Waals surface area contributed by atoms with Crippen LogP contribution in [0.2, 0.25) is 5.02 Å². The fourth-order valence-corrected chi connectivity index (χ4v) is 2.97. The number of carbonyl (C=O) groups is 3. The highest BCUT2D eigenvalue weighted by molar-refractivity contribution is 6.31. The van der Waals surface area contributed by atoms with Crippen LogP contribution < -0.4 is 10.7 Å². The molecule has 1 heterocycles. The monoisotopic (exact) mass is 453 g/mol. The molecule has 1 atom stereocenters. The number of fused-ring (bicyclic) bond motifs is 1. The number of rotatable bonds is 4. The summed E-state index contributed by atoms with van der Waals surface area (Å²) in [5, 5.41) is 3.61. The summed E-state index contributed by atoms with van der Waals surface area (Å²) in [5.41, 5.74) is -1.03. The molecule has 2 N–H and O–H groups in total. The molecule has 0 fully saturated rings. The van der Waals surface area contributed by atoms with Gasteiger partial charge in [-0.25, -0.2) is 15.0 Å². The number of carbonyl (C=O) groups excluding carboxylic acids is 3. The van der Waals surface area contributed by atoms with Gasteiger partial charge in [0.05, 0.1) is 6.61 Å². The lowest BCUT2D eigenvalue weighted by Gasteiger charge is -2.39. The fraction of sp³-hybridized carbons (Fsp3) is 0.476. The molecule has 0 spiro atoms. The van der Waals surface area contributed by atoms with E-state index in [4.69, 9.17) is 25.8 Å². The lowest BCUT2D eigenvalue weighted by molar-refractivity contribution is -0.178. The molecular weight excluding hydrogens is 426 g/mol. The molecule has 0 radical (unpaired) electrons. The SMILES string of the molecule is C=CCOC1(N(NC(=O)OC(C)(C)C)C(=O)OC(C)(C)C)C(=O)Nc2ccc(Cl)cc21. The zero-order chi connectivity index (χ0) is 23.6. The first-order valence-electron chi connectivity index (χ1n) is 9.59. The molecule has 9 nitrogen and oxygen atoms in total. The molecule has 3 amide bonds. The first kappa shape index (κ1) is 24.5. The lowest BCUT2D eigenvalue weighted by Crippen LogP contribution is -2.63. The van der Waals surface area contributed by atoms with E-state index in [-0.39, 0.29) is 12.2 Å². The summed E-state index contributed by atoms with van der Waals surface area (Å²) >= 11 is 6.15. The van der Waals surface area contributed by atoms with E-state index >= 15 is 0 Å². The van der Waals surface area contributed by atoms with Gasteiger partial charge in [-0.3, -0.25) is 4.79 Å². The number of nitrogens with zero attached hydrogens (tertiary/aromatic N) is 1. The van der Waals surface area contributed by atoms with Crippen LogP contribution in [0.4, 0.5) is 15.3 Å². The summed E-state index contributed by atoms with van der Waals surface area (Å²) in [4.78, 5) is 38.9. The Morgan fingerprint density at radius 2 is 1.81 bits per heavy atom. The number of hydrogen-bond acceptors (Lipinski definition) is 6. The molecule has 1 aromatic rings. The Hall–Kier alpha value is -2.78. The molecule has 0 aliphatic carbocycles. The van der Waals surface area contributed by atoms with Gasteiger partial charge in [0.2, 0.25) is 0 Å². The van der Waals surface area contributed by atoms with Crippen LogP contribution in [-0.2, 0) is 24.7 Å². The molecule has 0 aromatic heterocycles. The average molecular weight is 454 g/mol. The van der Waals surface area contributed by atoms with Gasteiger partial charge in [0.15, 0.2) is 0 Å². The van der Waals surface area contributed by atoms with Crippen molar-refractivity contribution in [3.8, 4) is 0 Å². The van der Waals surface area contributed by atoms with Gasteiger partial charge in [-0.15, -0.1) is 6.58 Å². The number of nitrogens with one attached hydrogen (secondary N) is 2. The highest BCUT2D eigenvalue weighted by Crippen LogP contribution is 2.42. The topological polar surface area (TPSA) is 106 Å². The Labute approximate surface area is 186 Å². The quantitative estimate of drug-likeness (QED) is 0.399. The molecular formula is C21H28ClN3O6. The zero-order valence-electron chi connectivity index (χ0n) is 18.5. The summed E-state index contributed by atoms with van der Waals surface area (Å²) in [5.74, 6) is -0.728. The third kappa shape index (κ3) is 5.68. The van der Waals surface area contributed by atoms with Crippen molar-refractivity contribution in [3.63, 3.8) is 0 Å². The maximum absolute atomic E-state index is 13.2. The zero-order valence-corrected chi connectivity index (χ0v) is 19.3. The summed E-state index contributed by atoms with van der Waals surface area (Å²) in [6.07, 6.45) is -0.619. The van der Waals surface area contributed by atoms with Crippen LogP contribution >= 0.6 is 11.6 Å². The number of amides is 3. The maximum Gasteiger partial charge on any atom is 0.432 e. The Morgan fingerprint density at radius 3 is 2.35 bits per heavy atom. The predicted molar refractivity (Wildman–Crippen MR) is 115 cm³/mol. The number of hydrazine groups is 1. The van der Waals surface area contributed by atoms with Gasteiger partial charge in [0.25, 0.3) is 11.6 Å². The minimum Gasteiger partial charge on any atom is -0.443 e. The van der Waals surface area contributed by atoms with E-state index < -0.39 is 35.0 Å². The minimum absolute atomic E-state index is 0.130. The van der Waals surface area contributed by atoms with E-state index in [2.05, 4.69) is 17.3 Å². The number of halogens is 1. The molecule has 1 unspecified atom stereocenters. The number of anilines is 1. The van der Waals surface area contributed by atoms with Crippen molar-refractivity contribution in [3.05, 3.63) is 41.4 Å². The van der Waals surface area contributed by atoms with Crippen molar-refractivity contribution >= 4 is 35.4 Å². The third-order valence-electron chi connectivity index (χ3n) is 3.81. The van der Waals surface area contributed by atoms with Gasteiger partial charge in [-0.2, -0.15) is 5.01 Å². The third-order valence-corrected chi connectivity index (χ3v) is 4.04. The highest BCUT2D eigenvalue weighted by atomic mass is 35.5. The lowest BCUT2D eigenvalue weighted by atomic mass is 10.0. The van der Waals surface area contributed by atoms with E-state index in [1.54, 1.807) is 53.7 Å². The van der Waals surface area contributed by atoms with Crippen molar-refractivity contribution in [1.29, 1.82) is 0 Å². The van der Waals surface area contributed by atoms with Crippen LogP contribution in [0.3, 0.4) is 0 Å². The molecule has 0 bridgehead atoms.